The van der Waals surface area contributed by atoms with Crippen LogP contribution in [0.1, 0.15) is 33.8 Å². The lowest BCUT2D eigenvalue weighted by molar-refractivity contribution is 0.0946. The molecule has 0 aliphatic heterocycles. The maximum atomic E-state index is 12.5. The monoisotopic (exact) mass is 256 g/mol. The van der Waals surface area contributed by atoms with E-state index in [4.69, 9.17) is 11.6 Å². The number of carbonyl (C=O) groups excluding carboxylic acids is 1. The van der Waals surface area contributed by atoms with E-state index in [1.807, 2.05) is 48.5 Å². The number of benzene rings is 2. The van der Waals surface area contributed by atoms with Crippen LogP contribution in [0.5, 0.6) is 0 Å². The van der Waals surface area contributed by atoms with Gasteiger partial charge in [-0.25, -0.2) is 0 Å². The lowest BCUT2D eigenvalue weighted by atomic mass is 9.79. The molecule has 0 fully saturated rings. The molecule has 2 aromatic rings. The molecule has 0 radical (unpaired) electrons. The van der Waals surface area contributed by atoms with Gasteiger partial charge in [0, 0.05) is 16.5 Å². The van der Waals surface area contributed by atoms with Gasteiger partial charge in [-0.05, 0) is 36.1 Å². The van der Waals surface area contributed by atoms with E-state index < -0.39 is 0 Å². The number of carbonyl (C=O) groups is 1. The fraction of sp³-hybridized carbons (Fsp3) is 0.188. The van der Waals surface area contributed by atoms with Crippen LogP contribution in [0, 0.1) is 0 Å². The fourth-order valence-corrected chi connectivity index (χ4v) is 2.74. The summed E-state index contributed by atoms with van der Waals surface area (Å²) in [6.45, 7) is 0. The average Bonchev–Trinajstić information content (AvgIpc) is 2.41. The highest BCUT2D eigenvalue weighted by Gasteiger charge is 2.27. The number of halogens is 1. The predicted molar refractivity (Wildman–Crippen MR) is 73.3 cm³/mol. The highest BCUT2D eigenvalue weighted by Crippen LogP contribution is 2.32. The zero-order valence-corrected chi connectivity index (χ0v) is 10.7. The van der Waals surface area contributed by atoms with Gasteiger partial charge in [-0.1, -0.05) is 48.0 Å². The van der Waals surface area contributed by atoms with Crippen molar-refractivity contribution in [1.82, 2.24) is 0 Å². The Bertz CT molecular complexity index is 586. The minimum atomic E-state index is -0.0165. The summed E-state index contributed by atoms with van der Waals surface area (Å²) in [5, 5.41) is 0.711. The van der Waals surface area contributed by atoms with Crippen molar-refractivity contribution in [3.05, 3.63) is 70.2 Å². The van der Waals surface area contributed by atoms with Crippen LogP contribution in [0.25, 0.3) is 0 Å². The smallest absolute Gasteiger partial charge is 0.170 e. The number of rotatable bonds is 1. The van der Waals surface area contributed by atoms with Gasteiger partial charge < -0.3 is 0 Å². The van der Waals surface area contributed by atoms with Gasteiger partial charge in [0.15, 0.2) is 5.78 Å². The summed E-state index contributed by atoms with van der Waals surface area (Å²) in [6, 6.07) is 15.5. The van der Waals surface area contributed by atoms with E-state index in [1.165, 1.54) is 5.56 Å². The Labute approximate surface area is 111 Å². The van der Waals surface area contributed by atoms with Crippen molar-refractivity contribution >= 4 is 17.4 Å². The Balaban J connectivity index is 1.97. The first kappa shape index (κ1) is 11.5. The van der Waals surface area contributed by atoms with Crippen LogP contribution in [0.15, 0.2) is 48.5 Å². The lowest BCUT2D eigenvalue weighted by Gasteiger charge is -2.23. The summed E-state index contributed by atoms with van der Waals surface area (Å²) < 4.78 is 0. The second-order valence-electron chi connectivity index (χ2n) is 4.66. The molecule has 3 rings (SSSR count). The van der Waals surface area contributed by atoms with Crippen molar-refractivity contribution in [2.24, 2.45) is 0 Å². The van der Waals surface area contributed by atoms with E-state index in [0.717, 1.165) is 24.0 Å². The Kier molecular flexibility index (Phi) is 2.92. The van der Waals surface area contributed by atoms with E-state index in [2.05, 4.69) is 0 Å². The third-order valence-electron chi connectivity index (χ3n) is 3.57. The van der Waals surface area contributed by atoms with Gasteiger partial charge in [-0.2, -0.15) is 0 Å². The maximum Gasteiger partial charge on any atom is 0.170 e. The molecule has 0 saturated heterocycles. The first-order valence-corrected chi connectivity index (χ1v) is 6.51. The number of hydrogen-bond acceptors (Lipinski definition) is 1. The van der Waals surface area contributed by atoms with Crippen LogP contribution in [0.3, 0.4) is 0 Å². The normalized spacial score (nSPS) is 18.5. The van der Waals surface area contributed by atoms with Gasteiger partial charge in [-0.3, -0.25) is 4.79 Å². The molecule has 90 valence electrons. The molecule has 0 aromatic heterocycles. The molecule has 0 spiro atoms. The van der Waals surface area contributed by atoms with E-state index >= 15 is 0 Å². The van der Waals surface area contributed by atoms with Crippen molar-refractivity contribution in [3.63, 3.8) is 0 Å². The molecule has 2 aromatic carbocycles. The molecule has 1 aliphatic carbocycles. The quantitative estimate of drug-likeness (QED) is 0.745. The molecule has 0 amide bonds. The van der Waals surface area contributed by atoms with Crippen molar-refractivity contribution in [2.45, 2.75) is 18.8 Å². The number of hydrogen-bond donors (Lipinski definition) is 0. The number of ketones is 1. The molecular formula is C16H13ClO. The van der Waals surface area contributed by atoms with Crippen LogP contribution >= 0.6 is 11.6 Å². The second-order valence-corrected chi connectivity index (χ2v) is 5.10. The molecule has 1 atom stereocenters. The lowest BCUT2D eigenvalue weighted by Crippen LogP contribution is -2.20. The van der Waals surface area contributed by atoms with Gasteiger partial charge in [0.1, 0.15) is 0 Å². The van der Waals surface area contributed by atoms with E-state index in [1.54, 1.807) is 0 Å². The number of Topliss-reactive ketones (excluding diaryl/α,β-unsaturated/α-hetero) is 1. The summed E-state index contributed by atoms with van der Waals surface area (Å²) in [6.07, 6.45) is 1.85. The van der Waals surface area contributed by atoms with E-state index in [0.29, 0.717) is 5.02 Å². The van der Waals surface area contributed by atoms with Gasteiger partial charge >= 0.3 is 0 Å². The second kappa shape index (κ2) is 4.58. The van der Waals surface area contributed by atoms with Crippen LogP contribution in [0.2, 0.25) is 5.02 Å². The Morgan fingerprint density at radius 1 is 1.00 bits per heavy atom. The number of fused-ring (bicyclic) bond motifs is 1. The van der Waals surface area contributed by atoms with Crippen LogP contribution < -0.4 is 0 Å². The average molecular weight is 257 g/mol. The van der Waals surface area contributed by atoms with Crippen LogP contribution in [-0.4, -0.2) is 5.78 Å². The minimum absolute atomic E-state index is 0.0165. The topological polar surface area (TPSA) is 17.1 Å². The van der Waals surface area contributed by atoms with Crippen LogP contribution in [-0.2, 0) is 6.42 Å². The Hall–Kier alpha value is -1.60. The van der Waals surface area contributed by atoms with E-state index in [9.17, 15) is 4.79 Å². The fourth-order valence-electron chi connectivity index (χ4n) is 2.61. The molecule has 2 heteroatoms. The molecule has 0 saturated carbocycles. The molecule has 0 bridgehead atoms. The SMILES string of the molecule is O=C1c2ccccc2CC[C@H]1c1ccc(Cl)cc1. The maximum absolute atomic E-state index is 12.5. The summed E-state index contributed by atoms with van der Waals surface area (Å²) >= 11 is 5.88. The number of aryl methyl sites for hydroxylation is 1. The van der Waals surface area contributed by atoms with Crippen LogP contribution in [0.4, 0.5) is 0 Å². The Morgan fingerprint density at radius 3 is 2.50 bits per heavy atom. The summed E-state index contributed by atoms with van der Waals surface area (Å²) in [4.78, 5) is 12.5. The Morgan fingerprint density at radius 2 is 1.72 bits per heavy atom. The molecule has 0 heterocycles. The van der Waals surface area contributed by atoms with Crippen molar-refractivity contribution in [2.75, 3.05) is 0 Å². The first-order chi connectivity index (χ1) is 8.75. The van der Waals surface area contributed by atoms with E-state index in [-0.39, 0.29) is 11.7 Å². The highest BCUT2D eigenvalue weighted by molar-refractivity contribution is 6.30. The van der Waals surface area contributed by atoms with Gasteiger partial charge in [0.2, 0.25) is 0 Å². The third-order valence-corrected chi connectivity index (χ3v) is 3.83. The molecule has 1 aliphatic rings. The van der Waals surface area contributed by atoms with Gasteiger partial charge in [-0.15, -0.1) is 0 Å². The summed E-state index contributed by atoms with van der Waals surface area (Å²) in [5.74, 6) is 0.219. The molecule has 0 N–H and O–H groups in total. The van der Waals surface area contributed by atoms with Gasteiger partial charge in [0.25, 0.3) is 0 Å². The molecular weight excluding hydrogens is 244 g/mol. The third kappa shape index (κ3) is 1.95. The van der Waals surface area contributed by atoms with Crippen molar-refractivity contribution < 1.29 is 4.79 Å². The molecule has 0 unspecified atom stereocenters. The molecule has 18 heavy (non-hydrogen) atoms. The predicted octanol–water partition coefficient (Wildman–Crippen LogP) is 4.25. The zero-order valence-electron chi connectivity index (χ0n) is 9.90. The van der Waals surface area contributed by atoms with Gasteiger partial charge in [0.05, 0.1) is 0 Å². The minimum Gasteiger partial charge on any atom is -0.293 e. The molecule has 1 nitrogen and oxygen atoms in total. The van der Waals surface area contributed by atoms with Crippen molar-refractivity contribution in [1.29, 1.82) is 0 Å². The largest absolute Gasteiger partial charge is 0.293 e. The standard InChI is InChI=1S/C16H13ClO/c17-13-8-5-12(6-9-13)15-10-7-11-3-1-2-4-14(11)16(15)18/h1-6,8-9,15H,7,10H2/t15-/m0/s1. The summed E-state index contributed by atoms with van der Waals surface area (Å²) in [5.41, 5.74) is 3.12. The first-order valence-electron chi connectivity index (χ1n) is 6.13. The van der Waals surface area contributed by atoms with Crippen molar-refractivity contribution in [3.8, 4) is 0 Å². The highest BCUT2D eigenvalue weighted by atomic mass is 35.5. The zero-order chi connectivity index (χ0) is 12.5. The summed E-state index contributed by atoms with van der Waals surface area (Å²) in [7, 11) is 0.